The van der Waals surface area contributed by atoms with E-state index in [2.05, 4.69) is 21.5 Å². The minimum absolute atomic E-state index is 0.272. The van der Waals surface area contributed by atoms with Gasteiger partial charge in [0.15, 0.2) is 0 Å². The second kappa shape index (κ2) is 5.36. The minimum Gasteiger partial charge on any atom is -0.437 e. The molecule has 7 heteroatoms. The number of nitriles is 1. The second-order valence-corrected chi connectivity index (χ2v) is 5.52. The van der Waals surface area contributed by atoms with Crippen LogP contribution in [0.5, 0.6) is 11.6 Å². The molecule has 0 unspecified atom stereocenters. The van der Waals surface area contributed by atoms with Crippen LogP contribution in [0.2, 0.25) is 0 Å². The fraction of sp³-hybridized carbons (Fsp3) is 0.0714. The van der Waals surface area contributed by atoms with Gasteiger partial charge in [0.25, 0.3) is 0 Å². The number of hydrazine groups is 1. The summed E-state index contributed by atoms with van der Waals surface area (Å²) < 4.78 is 5.81. The van der Waals surface area contributed by atoms with Crippen molar-refractivity contribution >= 4 is 27.5 Å². The van der Waals surface area contributed by atoms with Crippen molar-refractivity contribution in [1.29, 1.82) is 5.26 Å². The summed E-state index contributed by atoms with van der Waals surface area (Å²) in [7, 11) is 0. The van der Waals surface area contributed by atoms with Gasteiger partial charge < -0.3 is 4.74 Å². The van der Waals surface area contributed by atoms with Crippen molar-refractivity contribution < 1.29 is 4.74 Å². The van der Waals surface area contributed by atoms with Crippen LogP contribution in [0.15, 0.2) is 30.3 Å². The van der Waals surface area contributed by atoms with Crippen LogP contribution < -0.4 is 16.0 Å². The molecule has 2 heterocycles. The molecule has 6 nitrogen and oxygen atoms in total. The molecule has 0 bridgehead atoms. The first-order valence-electron chi connectivity index (χ1n) is 6.13. The number of anilines is 1. The van der Waals surface area contributed by atoms with Crippen LogP contribution in [0.4, 0.5) is 5.95 Å². The first-order valence-corrected chi connectivity index (χ1v) is 6.94. The highest BCUT2D eigenvalue weighted by Gasteiger charge is 2.13. The van der Waals surface area contributed by atoms with E-state index in [1.54, 1.807) is 24.3 Å². The van der Waals surface area contributed by atoms with Crippen molar-refractivity contribution in [3.8, 4) is 17.7 Å². The molecule has 0 saturated carbocycles. The van der Waals surface area contributed by atoms with Gasteiger partial charge in [-0.25, -0.2) is 10.8 Å². The third-order valence-corrected chi connectivity index (χ3v) is 3.77. The number of para-hydroxylation sites is 1. The number of nitrogens with two attached hydrogens (primary N) is 1. The minimum atomic E-state index is 0.272. The van der Waals surface area contributed by atoms with Gasteiger partial charge in [0, 0.05) is 4.88 Å². The number of aryl methyl sites for hydroxylation is 1. The van der Waals surface area contributed by atoms with Gasteiger partial charge in [-0.1, -0.05) is 12.1 Å². The lowest BCUT2D eigenvalue weighted by Crippen LogP contribution is -2.10. The number of hydrogen-bond acceptors (Lipinski definition) is 7. The summed E-state index contributed by atoms with van der Waals surface area (Å²) in [5, 5.41) is 9.92. The summed E-state index contributed by atoms with van der Waals surface area (Å²) in [6, 6.07) is 11.0. The fourth-order valence-corrected chi connectivity index (χ4v) is 2.78. The summed E-state index contributed by atoms with van der Waals surface area (Å²) in [5.74, 6) is 6.49. The number of aromatic nitrogens is 2. The summed E-state index contributed by atoms with van der Waals surface area (Å²) in [6.45, 7) is 1.98. The molecular weight excluding hydrogens is 286 g/mol. The van der Waals surface area contributed by atoms with Crippen LogP contribution in [0.1, 0.15) is 10.4 Å². The molecular formula is C14H11N5OS. The van der Waals surface area contributed by atoms with E-state index in [-0.39, 0.29) is 5.95 Å². The molecule has 2 aromatic heterocycles. The average molecular weight is 297 g/mol. The van der Waals surface area contributed by atoms with E-state index < -0.39 is 0 Å². The number of nitrogens with one attached hydrogen (secondary N) is 1. The standard InChI is InChI=1S/C14H11N5OS/c1-8-6-10-12(17-14(19-16)18-13(10)21-8)20-11-5-3-2-4-9(11)7-15/h2-6H,16H2,1H3,(H,17,18,19). The molecule has 3 rings (SSSR count). The van der Waals surface area contributed by atoms with Gasteiger partial charge in [-0.05, 0) is 25.1 Å². The summed E-state index contributed by atoms with van der Waals surface area (Å²) in [5.41, 5.74) is 2.87. The van der Waals surface area contributed by atoms with Crippen molar-refractivity contribution in [2.45, 2.75) is 6.92 Å². The maximum atomic E-state index is 9.12. The molecule has 1 aromatic carbocycles. The van der Waals surface area contributed by atoms with E-state index in [1.165, 1.54) is 11.3 Å². The van der Waals surface area contributed by atoms with Crippen LogP contribution in [-0.4, -0.2) is 9.97 Å². The first-order chi connectivity index (χ1) is 10.2. The van der Waals surface area contributed by atoms with Crippen LogP contribution in [-0.2, 0) is 0 Å². The topological polar surface area (TPSA) is 96.8 Å². The lowest BCUT2D eigenvalue weighted by atomic mass is 10.2. The van der Waals surface area contributed by atoms with Crippen molar-refractivity contribution in [1.82, 2.24) is 9.97 Å². The smallest absolute Gasteiger partial charge is 0.241 e. The molecule has 0 radical (unpaired) electrons. The number of fused-ring (bicyclic) bond motifs is 1. The maximum Gasteiger partial charge on any atom is 0.241 e. The number of rotatable bonds is 3. The maximum absolute atomic E-state index is 9.12. The summed E-state index contributed by atoms with van der Waals surface area (Å²) in [6.07, 6.45) is 0. The van der Waals surface area contributed by atoms with E-state index in [0.717, 1.165) is 15.1 Å². The molecule has 0 aliphatic carbocycles. The molecule has 0 atom stereocenters. The van der Waals surface area contributed by atoms with Crippen LogP contribution >= 0.6 is 11.3 Å². The zero-order valence-corrected chi connectivity index (χ0v) is 11.9. The zero-order valence-electron chi connectivity index (χ0n) is 11.1. The Kier molecular flexibility index (Phi) is 3.39. The number of benzene rings is 1. The zero-order chi connectivity index (χ0) is 14.8. The number of ether oxygens (including phenoxy) is 1. The molecule has 0 aliphatic heterocycles. The third-order valence-electron chi connectivity index (χ3n) is 2.82. The number of nitrogens with zero attached hydrogens (tertiary/aromatic N) is 3. The highest BCUT2D eigenvalue weighted by Crippen LogP contribution is 2.34. The van der Waals surface area contributed by atoms with Crippen LogP contribution in [0, 0.1) is 18.3 Å². The lowest BCUT2D eigenvalue weighted by Gasteiger charge is -2.08. The Balaban J connectivity index is 2.13. The summed E-state index contributed by atoms with van der Waals surface area (Å²) >= 11 is 1.52. The molecule has 0 amide bonds. The molecule has 0 aliphatic rings. The largest absolute Gasteiger partial charge is 0.437 e. The van der Waals surface area contributed by atoms with Crippen LogP contribution in [0.25, 0.3) is 10.2 Å². The second-order valence-electron chi connectivity index (χ2n) is 4.28. The summed E-state index contributed by atoms with van der Waals surface area (Å²) in [4.78, 5) is 10.4. The monoisotopic (exact) mass is 297 g/mol. The van der Waals surface area contributed by atoms with Crippen LogP contribution in [0.3, 0.4) is 0 Å². The van der Waals surface area contributed by atoms with Gasteiger partial charge in [-0.3, -0.25) is 5.43 Å². The predicted molar refractivity (Wildman–Crippen MR) is 81.2 cm³/mol. The van der Waals surface area contributed by atoms with Gasteiger partial charge in [0.05, 0.1) is 10.9 Å². The number of thiophene rings is 1. The number of nitrogen functional groups attached to an aromatic ring is 1. The molecule has 104 valence electrons. The third kappa shape index (κ3) is 2.50. The Bertz CT molecular complexity index is 852. The Morgan fingerprint density at radius 3 is 2.90 bits per heavy atom. The normalized spacial score (nSPS) is 10.3. The van der Waals surface area contributed by atoms with Crippen molar-refractivity contribution in [3.63, 3.8) is 0 Å². The van der Waals surface area contributed by atoms with E-state index >= 15 is 0 Å². The van der Waals surface area contributed by atoms with Gasteiger partial charge in [-0.15, -0.1) is 11.3 Å². The highest BCUT2D eigenvalue weighted by molar-refractivity contribution is 7.18. The van der Waals surface area contributed by atoms with Crippen molar-refractivity contribution in [2.75, 3.05) is 5.43 Å². The molecule has 0 spiro atoms. The molecule has 0 saturated heterocycles. The average Bonchev–Trinajstić information content (AvgIpc) is 2.88. The van der Waals surface area contributed by atoms with E-state index in [4.69, 9.17) is 15.8 Å². The molecule has 3 N–H and O–H groups in total. The van der Waals surface area contributed by atoms with E-state index in [0.29, 0.717) is 17.2 Å². The Morgan fingerprint density at radius 1 is 1.33 bits per heavy atom. The Labute approximate surface area is 124 Å². The van der Waals surface area contributed by atoms with E-state index in [9.17, 15) is 0 Å². The first kappa shape index (κ1) is 13.3. The molecule has 0 fully saturated rings. The van der Waals surface area contributed by atoms with Gasteiger partial charge in [0.1, 0.15) is 16.6 Å². The molecule has 21 heavy (non-hydrogen) atoms. The van der Waals surface area contributed by atoms with Gasteiger partial charge >= 0.3 is 0 Å². The molecule has 3 aromatic rings. The predicted octanol–water partition coefficient (Wildman–Crippen LogP) is 2.95. The SMILES string of the molecule is Cc1cc2c(Oc3ccccc3C#N)nc(NN)nc2s1. The fourth-order valence-electron chi connectivity index (χ4n) is 1.91. The van der Waals surface area contributed by atoms with Crippen molar-refractivity contribution in [3.05, 3.63) is 40.8 Å². The Hall–Kier alpha value is -2.69. The number of hydrogen-bond donors (Lipinski definition) is 2. The lowest BCUT2D eigenvalue weighted by molar-refractivity contribution is 0.467. The van der Waals surface area contributed by atoms with Gasteiger partial charge in [-0.2, -0.15) is 10.2 Å². The Morgan fingerprint density at radius 2 is 2.14 bits per heavy atom. The highest BCUT2D eigenvalue weighted by atomic mass is 32.1. The van der Waals surface area contributed by atoms with Crippen molar-refractivity contribution in [2.24, 2.45) is 5.84 Å². The quantitative estimate of drug-likeness (QED) is 0.570. The van der Waals surface area contributed by atoms with Gasteiger partial charge in [0.2, 0.25) is 11.8 Å². The van der Waals surface area contributed by atoms with E-state index in [1.807, 2.05) is 13.0 Å².